The molecule has 4 heteroatoms. The van der Waals surface area contributed by atoms with E-state index in [1.54, 1.807) is 0 Å². The van der Waals surface area contributed by atoms with Gasteiger partial charge in [0.1, 0.15) is 0 Å². The summed E-state index contributed by atoms with van der Waals surface area (Å²) in [6.07, 6.45) is 0. The van der Waals surface area contributed by atoms with Gasteiger partial charge in [-0.25, -0.2) is 0 Å². The Bertz CT molecular complexity index is 342. The zero-order valence-electron chi connectivity index (χ0n) is 10.2. The number of hydrogen-bond acceptors (Lipinski definition) is 0. The number of rotatable bonds is 4. The van der Waals surface area contributed by atoms with Gasteiger partial charge in [0.05, 0.1) is 0 Å². The molecule has 76 valence electrons. The van der Waals surface area contributed by atoms with E-state index in [2.05, 4.69) is 65.7 Å². The number of allylic oxidation sites excluding steroid dienone is 2. The van der Waals surface area contributed by atoms with Gasteiger partial charge in [-0.05, 0) is 0 Å². The van der Waals surface area contributed by atoms with Gasteiger partial charge in [-0.2, -0.15) is 0 Å². The molecule has 0 unspecified atom stereocenters. The predicted octanol–water partition coefficient (Wildman–Crippen LogP) is 2.30. The molecule has 1 rings (SSSR count). The van der Waals surface area contributed by atoms with Crippen molar-refractivity contribution in [3.63, 3.8) is 0 Å². The van der Waals surface area contributed by atoms with Crippen molar-refractivity contribution in [2.45, 2.75) is 27.7 Å². The van der Waals surface area contributed by atoms with Gasteiger partial charge in [-0.3, -0.25) is 0 Å². The summed E-state index contributed by atoms with van der Waals surface area (Å²) in [5.41, 5.74) is 3.47. The van der Waals surface area contributed by atoms with Crippen molar-refractivity contribution >= 4 is 31.7 Å². The summed E-state index contributed by atoms with van der Waals surface area (Å²) in [6, 6.07) is 0. The Kier molecular flexibility index (Phi) is 4.07. The topological polar surface area (TPSA) is 4.93 Å². The third-order valence-corrected chi connectivity index (χ3v) is 2.75. The molecule has 0 N–H and O–H groups in total. The van der Waals surface area contributed by atoms with E-state index >= 15 is 0 Å². The van der Waals surface area contributed by atoms with Crippen LogP contribution in [0.2, 0.25) is 0 Å². The molecule has 0 radical (unpaired) electrons. The Morgan fingerprint density at radius 3 is 2.20 bits per heavy atom. The van der Waals surface area contributed by atoms with E-state index in [0.29, 0.717) is 11.8 Å². The van der Waals surface area contributed by atoms with Gasteiger partial charge in [0.2, 0.25) is 0 Å². The molecule has 0 amide bonds. The van der Waals surface area contributed by atoms with Crippen molar-refractivity contribution in [1.82, 2.24) is 4.47 Å². The van der Waals surface area contributed by atoms with Gasteiger partial charge in [0.25, 0.3) is 0 Å². The van der Waals surface area contributed by atoms with E-state index in [-0.39, 0.29) is 0 Å². The molecule has 15 heavy (non-hydrogen) atoms. The van der Waals surface area contributed by atoms with Crippen molar-refractivity contribution < 1.29 is 0 Å². The summed E-state index contributed by atoms with van der Waals surface area (Å²) >= 11 is 0. The molecule has 0 saturated heterocycles. The fraction of sp³-hybridized carbons (Fsp3) is 0.545. The second-order valence-corrected chi connectivity index (χ2v) is 4.59. The van der Waals surface area contributed by atoms with E-state index < -0.39 is 0 Å². The maximum absolute atomic E-state index is 4.14. The SMILES string of the molecule is C=C(c1bbbn1C(=C)C(C)C)C(C)C. The molecule has 0 spiro atoms. The Balaban J connectivity index is 3.07. The van der Waals surface area contributed by atoms with Crippen LogP contribution in [-0.2, 0) is 0 Å². The zero-order valence-corrected chi connectivity index (χ0v) is 10.2. The molecule has 0 fully saturated rings. The minimum atomic E-state index is 0.455. The van der Waals surface area contributed by atoms with Gasteiger partial charge in [-0.1, -0.05) is 0 Å². The van der Waals surface area contributed by atoms with E-state index in [0.717, 1.165) is 5.70 Å². The summed E-state index contributed by atoms with van der Waals surface area (Å²) < 4.78 is 2.15. The second kappa shape index (κ2) is 4.91. The normalized spacial score (nSPS) is 10.3. The van der Waals surface area contributed by atoms with Crippen LogP contribution in [-0.4, -0.2) is 24.9 Å². The molecular weight excluding hydrogens is 179 g/mol. The molecular formula is C11H18B3N. The fourth-order valence-corrected chi connectivity index (χ4v) is 1.47. The fourth-order valence-electron chi connectivity index (χ4n) is 1.47. The van der Waals surface area contributed by atoms with Crippen LogP contribution in [0.4, 0.5) is 0 Å². The Labute approximate surface area is 94.9 Å². The van der Waals surface area contributed by atoms with Gasteiger partial charge < -0.3 is 0 Å². The maximum atomic E-state index is 4.14. The van der Waals surface area contributed by atoms with E-state index in [1.807, 2.05) is 0 Å². The van der Waals surface area contributed by atoms with Crippen molar-refractivity contribution in [3.05, 3.63) is 18.7 Å². The van der Waals surface area contributed by atoms with Crippen LogP contribution < -0.4 is 0 Å². The minimum absolute atomic E-state index is 0.455. The first-order valence-corrected chi connectivity index (χ1v) is 5.50. The second-order valence-electron chi connectivity index (χ2n) is 4.59. The number of hydrogen-bond donors (Lipinski definition) is 0. The molecule has 0 bridgehead atoms. The first-order chi connectivity index (χ1) is 6.95. The van der Waals surface area contributed by atoms with Gasteiger partial charge in [0, 0.05) is 0 Å². The van der Waals surface area contributed by atoms with Crippen LogP contribution in [0.5, 0.6) is 0 Å². The van der Waals surface area contributed by atoms with Crippen molar-refractivity contribution in [2.24, 2.45) is 11.8 Å². The summed E-state index contributed by atoms with van der Waals surface area (Å²) in [5, 5.41) is 0. The number of nitrogens with zero attached hydrogens (tertiary/aromatic N) is 1. The number of aromatic nitrogens is 1. The third kappa shape index (κ3) is 2.67. The van der Waals surface area contributed by atoms with Crippen molar-refractivity contribution in [3.8, 4) is 0 Å². The monoisotopic (exact) mass is 197 g/mol. The molecule has 0 aliphatic heterocycles. The molecule has 0 saturated carbocycles. The van der Waals surface area contributed by atoms with Gasteiger partial charge in [-0.15, -0.1) is 0 Å². The summed E-state index contributed by atoms with van der Waals surface area (Å²) in [6.45, 7) is 23.1. The molecule has 0 aliphatic carbocycles. The average molecular weight is 197 g/mol. The summed E-state index contributed by atoms with van der Waals surface area (Å²) in [5.74, 6) is 0.926. The van der Waals surface area contributed by atoms with Crippen LogP contribution >= 0.6 is 0 Å². The average Bonchev–Trinajstić information content (AvgIpc) is 2.63. The van der Waals surface area contributed by atoms with Crippen LogP contribution in [0.25, 0.3) is 11.3 Å². The first-order valence-electron chi connectivity index (χ1n) is 5.50. The van der Waals surface area contributed by atoms with E-state index in [9.17, 15) is 0 Å². The molecule has 1 heterocycles. The Morgan fingerprint density at radius 1 is 1.13 bits per heavy atom. The molecule has 0 atom stereocenters. The van der Waals surface area contributed by atoms with E-state index in [1.165, 1.54) is 11.2 Å². The third-order valence-electron chi connectivity index (χ3n) is 2.75. The zero-order chi connectivity index (χ0) is 11.6. The first kappa shape index (κ1) is 12.4. The standard InChI is InChI=1S/C11H18B3N/c1-7(2)9(5)11-12-13-14-15(11)10(6)8(3)4/h7-8H,5-6H2,1-4H3. The van der Waals surface area contributed by atoms with Crippen molar-refractivity contribution in [2.75, 3.05) is 0 Å². The summed E-state index contributed by atoms with van der Waals surface area (Å²) in [4.78, 5) is 0. The predicted molar refractivity (Wildman–Crippen MR) is 72.5 cm³/mol. The quantitative estimate of drug-likeness (QED) is 0.697. The van der Waals surface area contributed by atoms with Gasteiger partial charge >= 0.3 is 94.4 Å². The molecule has 1 aromatic heterocycles. The molecule has 1 aromatic rings. The molecule has 0 aromatic carbocycles. The Hall–Kier alpha value is -0.655. The van der Waals surface area contributed by atoms with Gasteiger partial charge in [0.15, 0.2) is 0 Å². The molecule has 1 nitrogen and oxygen atoms in total. The van der Waals surface area contributed by atoms with Crippen LogP contribution in [0.3, 0.4) is 0 Å². The van der Waals surface area contributed by atoms with Crippen LogP contribution in [0.1, 0.15) is 33.3 Å². The Morgan fingerprint density at radius 2 is 1.73 bits per heavy atom. The van der Waals surface area contributed by atoms with E-state index in [4.69, 9.17) is 0 Å². The van der Waals surface area contributed by atoms with Crippen molar-refractivity contribution in [1.29, 1.82) is 0 Å². The summed E-state index contributed by atoms with van der Waals surface area (Å²) in [7, 11) is 0. The van der Waals surface area contributed by atoms with Crippen LogP contribution in [0.15, 0.2) is 13.2 Å². The molecule has 0 aliphatic rings. The van der Waals surface area contributed by atoms with Crippen LogP contribution in [0, 0.1) is 11.8 Å².